The Hall–Kier alpha value is -2.73. The van der Waals surface area contributed by atoms with E-state index in [9.17, 15) is 5.11 Å². The monoisotopic (exact) mass is 349 g/mol. The van der Waals surface area contributed by atoms with Gasteiger partial charge >= 0.3 is 0 Å². The van der Waals surface area contributed by atoms with E-state index < -0.39 is 0 Å². The van der Waals surface area contributed by atoms with Crippen LogP contribution in [0.25, 0.3) is 22.0 Å². The minimum absolute atomic E-state index is 0.215. The largest absolute Gasteiger partial charge is 0.507 e. The molecule has 26 heavy (non-hydrogen) atoms. The summed E-state index contributed by atoms with van der Waals surface area (Å²) in [4.78, 5) is 6.60. The van der Waals surface area contributed by atoms with Gasteiger partial charge in [0.1, 0.15) is 11.4 Å². The fourth-order valence-electron chi connectivity index (χ4n) is 3.62. The summed E-state index contributed by atoms with van der Waals surface area (Å²) in [6, 6.07) is 7.88. The van der Waals surface area contributed by atoms with E-state index in [1.54, 1.807) is 12.3 Å². The van der Waals surface area contributed by atoms with E-state index in [1.807, 2.05) is 31.3 Å². The van der Waals surface area contributed by atoms with Crippen LogP contribution >= 0.6 is 0 Å². The molecular formula is C20H23N5O. The molecule has 0 aliphatic carbocycles. The SMILES string of the molecule is Cc1ccc(-c2nnc(N[C@@H]3CCCN(C)C3)c3cnccc23)c(O)c1. The van der Waals surface area contributed by atoms with Crippen molar-refractivity contribution >= 4 is 16.6 Å². The van der Waals surface area contributed by atoms with Crippen molar-refractivity contribution in [1.29, 1.82) is 0 Å². The lowest BCUT2D eigenvalue weighted by Crippen LogP contribution is -2.40. The molecule has 6 nitrogen and oxygen atoms in total. The molecule has 6 heteroatoms. The summed E-state index contributed by atoms with van der Waals surface area (Å²) in [7, 11) is 2.14. The number of pyridine rings is 1. The number of benzene rings is 1. The molecule has 0 radical (unpaired) electrons. The Morgan fingerprint density at radius 2 is 2.08 bits per heavy atom. The molecule has 0 spiro atoms. The average molecular weight is 349 g/mol. The third-order valence-corrected chi connectivity index (χ3v) is 4.95. The smallest absolute Gasteiger partial charge is 0.158 e. The van der Waals surface area contributed by atoms with Crippen LogP contribution < -0.4 is 5.32 Å². The van der Waals surface area contributed by atoms with Crippen LogP contribution in [-0.2, 0) is 0 Å². The molecule has 2 N–H and O–H groups in total. The molecule has 0 saturated carbocycles. The summed E-state index contributed by atoms with van der Waals surface area (Å²) >= 11 is 0. The number of aromatic nitrogens is 3. The summed E-state index contributed by atoms with van der Waals surface area (Å²) in [5.74, 6) is 0.968. The van der Waals surface area contributed by atoms with Crippen molar-refractivity contribution < 1.29 is 5.11 Å². The molecule has 1 aliphatic heterocycles. The Morgan fingerprint density at radius 3 is 2.88 bits per heavy atom. The van der Waals surface area contributed by atoms with Gasteiger partial charge in [-0.2, -0.15) is 0 Å². The number of phenolic OH excluding ortho intramolecular Hbond substituents is 1. The Bertz CT molecular complexity index is 943. The van der Waals surface area contributed by atoms with E-state index in [4.69, 9.17) is 0 Å². The maximum absolute atomic E-state index is 10.4. The number of nitrogens with zero attached hydrogens (tertiary/aromatic N) is 4. The summed E-state index contributed by atoms with van der Waals surface area (Å²) < 4.78 is 0. The molecule has 1 saturated heterocycles. The van der Waals surface area contributed by atoms with Crippen molar-refractivity contribution in [2.45, 2.75) is 25.8 Å². The van der Waals surface area contributed by atoms with Crippen molar-refractivity contribution in [3.8, 4) is 17.0 Å². The van der Waals surface area contributed by atoms with Gasteiger partial charge in [0, 0.05) is 41.3 Å². The topological polar surface area (TPSA) is 74.2 Å². The van der Waals surface area contributed by atoms with Crippen LogP contribution in [0.2, 0.25) is 0 Å². The van der Waals surface area contributed by atoms with Gasteiger partial charge < -0.3 is 15.3 Å². The summed E-state index contributed by atoms with van der Waals surface area (Å²) in [5.41, 5.74) is 2.36. The van der Waals surface area contributed by atoms with Crippen LogP contribution in [0, 0.1) is 6.92 Å². The highest BCUT2D eigenvalue weighted by molar-refractivity contribution is 6.00. The van der Waals surface area contributed by atoms with E-state index in [1.165, 1.54) is 6.42 Å². The number of hydrogen-bond donors (Lipinski definition) is 2. The Kier molecular flexibility index (Phi) is 4.42. The first-order chi connectivity index (χ1) is 12.6. The summed E-state index contributed by atoms with van der Waals surface area (Å²) in [6.07, 6.45) is 5.85. The van der Waals surface area contributed by atoms with Crippen molar-refractivity contribution in [3.63, 3.8) is 0 Å². The molecule has 134 valence electrons. The lowest BCUT2D eigenvalue weighted by molar-refractivity contribution is 0.261. The van der Waals surface area contributed by atoms with E-state index in [0.29, 0.717) is 17.3 Å². The molecule has 1 aromatic carbocycles. The highest BCUT2D eigenvalue weighted by Gasteiger charge is 2.20. The van der Waals surface area contributed by atoms with Gasteiger partial charge in [-0.05, 0) is 57.1 Å². The van der Waals surface area contributed by atoms with Gasteiger partial charge in [0.2, 0.25) is 0 Å². The average Bonchev–Trinajstić information content (AvgIpc) is 2.63. The normalized spacial score (nSPS) is 18.2. The molecule has 0 amide bonds. The third-order valence-electron chi connectivity index (χ3n) is 4.95. The Balaban J connectivity index is 1.76. The van der Waals surface area contributed by atoms with Gasteiger partial charge in [-0.3, -0.25) is 4.98 Å². The second-order valence-corrected chi connectivity index (χ2v) is 7.08. The molecule has 1 fully saturated rings. The van der Waals surface area contributed by atoms with Gasteiger partial charge in [-0.25, -0.2) is 0 Å². The van der Waals surface area contributed by atoms with Crippen LogP contribution in [0.4, 0.5) is 5.82 Å². The van der Waals surface area contributed by atoms with Crippen molar-refractivity contribution in [3.05, 3.63) is 42.2 Å². The standard InChI is InChI=1S/C20H23N5O/c1-13-5-6-16(18(26)10-13)19-15-7-8-21-11-17(15)20(24-23-19)22-14-4-3-9-25(2)12-14/h5-8,10-11,14,26H,3-4,9,12H2,1-2H3,(H,22,24)/t14-/m1/s1. The zero-order valence-electron chi connectivity index (χ0n) is 15.1. The predicted octanol–water partition coefficient (Wildman–Crippen LogP) is 3.21. The number of aromatic hydroxyl groups is 1. The molecule has 3 heterocycles. The maximum atomic E-state index is 10.4. The van der Waals surface area contributed by atoms with Crippen LogP contribution in [0.15, 0.2) is 36.7 Å². The number of piperidine rings is 1. The van der Waals surface area contributed by atoms with E-state index in [-0.39, 0.29) is 5.75 Å². The van der Waals surface area contributed by atoms with Gasteiger partial charge in [0.15, 0.2) is 5.82 Å². The van der Waals surface area contributed by atoms with E-state index >= 15 is 0 Å². The first kappa shape index (κ1) is 16.7. The predicted molar refractivity (Wildman–Crippen MR) is 103 cm³/mol. The number of likely N-dealkylation sites (tertiary alicyclic amines) is 1. The zero-order valence-corrected chi connectivity index (χ0v) is 15.1. The van der Waals surface area contributed by atoms with E-state index in [0.717, 1.165) is 41.7 Å². The summed E-state index contributed by atoms with van der Waals surface area (Å²) in [5, 5.41) is 24.6. The highest BCUT2D eigenvalue weighted by atomic mass is 16.3. The fraction of sp³-hybridized carbons (Fsp3) is 0.350. The zero-order chi connectivity index (χ0) is 18.1. The molecule has 3 aromatic rings. The number of likely N-dealkylation sites (N-methyl/N-ethyl adjacent to an activating group) is 1. The van der Waals surface area contributed by atoms with Crippen LogP contribution in [0.5, 0.6) is 5.75 Å². The fourth-order valence-corrected chi connectivity index (χ4v) is 3.62. The number of fused-ring (bicyclic) bond motifs is 1. The summed E-state index contributed by atoms with van der Waals surface area (Å²) in [6.45, 7) is 4.08. The Labute approximate surface area is 152 Å². The van der Waals surface area contributed by atoms with Crippen molar-refractivity contribution in [2.24, 2.45) is 0 Å². The van der Waals surface area contributed by atoms with Gasteiger partial charge in [-0.1, -0.05) is 6.07 Å². The quantitative estimate of drug-likeness (QED) is 0.756. The van der Waals surface area contributed by atoms with Gasteiger partial charge in [0.05, 0.1) is 0 Å². The number of nitrogens with one attached hydrogen (secondary N) is 1. The van der Waals surface area contributed by atoms with Crippen LogP contribution in [0.1, 0.15) is 18.4 Å². The lowest BCUT2D eigenvalue weighted by Gasteiger charge is -2.30. The minimum atomic E-state index is 0.215. The second kappa shape index (κ2) is 6.88. The second-order valence-electron chi connectivity index (χ2n) is 7.08. The first-order valence-corrected chi connectivity index (χ1v) is 8.97. The van der Waals surface area contributed by atoms with Gasteiger partial charge in [-0.15, -0.1) is 10.2 Å². The molecule has 1 atom stereocenters. The number of hydrogen-bond acceptors (Lipinski definition) is 6. The lowest BCUT2D eigenvalue weighted by atomic mass is 10.0. The van der Waals surface area contributed by atoms with Crippen LogP contribution in [-0.4, -0.2) is 51.4 Å². The molecular weight excluding hydrogens is 326 g/mol. The third kappa shape index (κ3) is 3.20. The number of rotatable bonds is 3. The number of anilines is 1. The maximum Gasteiger partial charge on any atom is 0.158 e. The molecule has 1 aliphatic rings. The minimum Gasteiger partial charge on any atom is -0.507 e. The highest BCUT2D eigenvalue weighted by Crippen LogP contribution is 2.34. The number of phenols is 1. The van der Waals surface area contributed by atoms with Gasteiger partial charge in [0.25, 0.3) is 0 Å². The molecule has 0 bridgehead atoms. The van der Waals surface area contributed by atoms with Crippen molar-refractivity contribution in [1.82, 2.24) is 20.1 Å². The Morgan fingerprint density at radius 1 is 1.19 bits per heavy atom. The molecule has 0 unspecified atom stereocenters. The van der Waals surface area contributed by atoms with Crippen molar-refractivity contribution in [2.75, 3.05) is 25.5 Å². The van der Waals surface area contributed by atoms with Crippen LogP contribution in [0.3, 0.4) is 0 Å². The number of aryl methyl sites for hydroxylation is 1. The first-order valence-electron chi connectivity index (χ1n) is 8.97. The molecule has 4 rings (SSSR count). The molecule has 2 aromatic heterocycles. The van der Waals surface area contributed by atoms with E-state index in [2.05, 4.69) is 32.4 Å².